The van der Waals surface area contributed by atoms with Gasteiger partial charge in [-0.3, -0.25) is 0 Å². The van der Waals surface area contributed by atoms with Gasteiger partial charge in [0, 0.05) is 13.1 Å². The first-order valence-electron chi connectivity index (χ1n) is 6.58. The molecule has 1 aliphatic heterocycles. The van der Waals surface area contributed by atoms with Crippen LogP contribution < -0.4 is 5.32 Å². The Morgan fingerprint density at radius 1 is 1.32 bits per heavy atom. The number of likely N-dealkylation sites (tertiary alicyclic amines) is 1. The van der Waals surface area contributed by atoms with Crippen LogP contribution in [0.3, 0.4) is 0 Å². The first-order valence-corrected chi connectivity index (χ1v) is 6.58. The summed E-state index contributed by atoms with van der Waals surface area (Å²) >= 11 is 0. The Bertz CT molecular complexity index is 425. The van der Waals surface area contributed by atoms with Gasteiger partial charge in [0.15, 0.2) is 0 Å². The quantitative estimate of drug-likeness (QED) is 0.760. The molecule has 0 aliphatic carbocycles. The van der Waals surface area contributed by atoms with Gasteiger partial charge in [0.1, 0.15) is 5.75 Å². The molecule has 5 heteroatoms. The molecule has 0 saturated carbocycles. The minimum absolute atomic E-state index is 0.104. The molecule has 2 amide bonds. The predicted molar refractivity (Wildman–Crippen MR) is 71.9 cm³/mol. The maximum absolute atomic E-state index is 12.0. The fourth-order valence-corrected chi connectivity index (χ4v) is 2.19. The van der Waals surface area contributed by atoms with Crippen LogP contribution in [0.4, 0.5) is 4.79 Å². The van der Waals surface area contributed by atoms with Crippen LogP contribution in [0.25, 0.3) is 0 Å². The summed E-state index contributed by atoms with van der Waals surface area (Å²) in [6.45, 7) is 3.09. The van der Waals surface area contributed by atoms with Crippen LogP contribution in [0.2, 0.25) is 0 Å². The fraction of sp³-hybridized carbons (Fsp3) is 0.500. The normalized spacial score (nSPS) is 18.1. The number of piperidine rings is 1. The minimum Gasteiger partial charge on any atom is -0.508 e. The first-order chi connectivity index (χ1) is 9.06. The second kappa shape index (κ2) is 5.93. The fourth-order valence-electron chi connectivity index (χ4n) is 2.19. The van der Waals surface area contributed by atoms with Crippen molar-refractivity contribution in [3.05, 3.63) is 29.8 Å². The van der Waals surface area contributed by atoms with E-state index in [4.69, 9.17) is 0 Å². The summed E-state index contributed by atoms with van der Waals surface area (Å²) in [6, 6.07) is 6.58. The number of carbonyl (C=O) groups excluding carboxylic acids is 1. The van der Waals surface area contributed by atoms with E-state index in [0.29, 0.717) is 25.9 Å². The third-order valence-corrected chi connectivity index (χ3v) is 3.48. The molecule has 1 aromatic carbocycles. The summed E-state index contributed by atoms with van der Waals surface area (Å²) in [5.41, 5.74) is 0.947. The zero-order valence-corrected chi connectivity index (χ0v) is 11.0. The molecular weight excluding hydrogens is 244 g/mol. The summed E-state index contributed by atoms with van der Waals surface area (Å²) < 4.78 is 0. The van der Waals surface area contributed by atoms with E-state index in [0.717, 1.165) is 5.56 Å². The molecule has 0 bridgehead atoms. The van der Waals surface area contributed by atoms with E-state index >= 15 is 0 Å². The molecular formula is C14H20N2O3. The van der Waals surface area contributed by atoms with E-state index in [-0.39, 0.29) is 23.9 Å². The van der Waals surface area contributed by atoms with Crippen molar-refractivity contribution in [1.29, 1.82) is 0 Å². The summed E-state index contributed by atoms with van der Waals surface area (Å²) in [4.78, 5) is 13.8. The van der Waals surface area contributed by atoms with Crippen LogP contribution in [-0.2, 0) is 0 Å². The number of rotatable bonds is 2. The van der Waals surface area contributed by atoms with E-state index in [9.17, 15) is 15.0 Å². The van der Waals surface area contributed by atoms with Crippen molar-refractivity contribution in [1.82, 2.24) is 10.2 Å². The number of nitrogens with zero attached hydrogens (tertiary/aromatic N) is 1. The molecule has 1 aromatic rings. The number of phenols is 1. The van der Waals surface area contributed by atoms with E-state index in [1.165, 1.54) is 0 Å². The lowest BCUT2D eigenvalue weighted by Gasteiger charge is -2.30. The Morgan fingerprint density at radius 2 is 1.89 bits per heavy atom. The summed E-state index contributed by atoms with van der Waals surface area (Å²) in [7, 11) is 0. The molecule has 104 valence electrons. The Balaban J connectivity index is 1.89. The van der Waals surface area contributed by atoms with Gasteiger partial charge in [-0.1, -0.05) is 12.1 Å². The van der Waals surface area contributed by atoms with Gasteiger partial charge in [0.25, 0.3) is 0 Å². The monoisotopic (exact) mass is 264 g/mol. The van der Waals surface area contributed by atoms with Gasteiger partial charge < -0.3 is 20.4 Å². The third kappa shape index (κ3) is 3.61. The first kappa shape index (κ1) is 13.7. The lowest BCUT2D eigenvalue weighted by atomic mass is 10.1. The summed E-state index contributed by atoms with van der Waals surface area (Å²) in [5.74, 6) is 0.215. The molecule has 0 radical (unpaired) electrons. The van der Waals surface area contributed by atoms with Crippen molar-refractivity contribution in [2.45, 2.75) is 31.9 Å². The molecule has 1 unspecified atom stereocenters. The molecule has 0 aromatic heterocycles. The van der Waals surface area contributed by atoms with Crippen LogP contribution >= 0.6 is 0 Å². The largest absolute Gasteiger partial charge is 0.508 e. The van der Waals surface area contributed by atoms with Gasteiger partial charge in [-0.25, -0.2) is 4.79 Å². The number of benzene rings is 1. The number of aliphatic hydroxyl groups excluding tert-OH is 1. The van der Waals surface area contributed by atoms with Gasteiger partial charge in [0.2, 0.25) is 0 Å². The van der Waals surface area contributed by atoms with E-state index in [2.05, 4.69) is 5.32 Å². The second-order valence-corrected chi connectivity index (χ2v) is 4.98. The molecule has 2 rings (SSSR count). The average Bonchev–Trinajstić information content (AvgIpc) is 2.40. The third-order valence-electron chi connectivity index (χ3n) is 3.48. The van der Waals surface area contributed by atoms with Crippen molar-refractivity contribution in [3.63, 3.8) is 0 Å². The SMILES string of the molecule is CC(NC(=O)N1CCC(O)CC1)c1ccc(O)cc1. The second-order valence-electron chi connectivity index (χ2n) is 4.98. The predicted octanol–water partition coefficient (Wildman–Crippen LogP) is 1.62. The van der Waals surface area contributed by atoms with Crippen molar-refractivity contribution < 1.29 is 15.0 Å². The smallest absolute Gasteiger partial charge is 0.317 e. The van der Waals surface area contributed by atoms with Crippen LogP contribution in [-0.4, -0.2) is 40.3 Å². The van der Waals surface area contributed by atoms with Crippen LogP contribution in [0.1, 0.15) is 31.4 Å². The number of amides is 2. The van der Waals surface area contributed by atoms with Gasteiger partial charge in [0.05, 0.1) is 12.1 Å². The van der Waals surface area contributed by atoms with Crippen molar-refractivity contribution in [2.75, 3.05) is 13.1 Å². The highest BCUT2D eigenvalue weighted by molar-refractivity contribution is 5.74. The molecule has 19 heavy (non-hydrogen) atoms. The Morgan fingerprint density at radius 3 is 2.47 bits per heavy atom. The molecule has 1 atom stereocenters. The number of hydrogen-bond donors (Lipinski definition) is 3. The van der Waals surface area contributed by atoms with Gasteiger partial charge in [-0.05, 0) is 37.5 Å². The van der Waals surface area contributed by atoms with Gasteiger partial charge in [-0.2, -0.15) is 0 Å². The summed E-state index contributed by atoms with van der Waals surface area (Å²) in [5, 5.41) is 21.6. The number of hydrogen-bond acceptors (Lipinski definition) is 3. The Hall–Kier alpha value is -1.75. The molecule has 1 saturated heterocycles. The van der Waals surface area contributed by atoms with E-state index in [1.54, 1.807) is 29.2 Å². The zero-order chi connectivity index (χ0) is 13.8. The minimum atomic E-state index is -0.279. The van der Waals surface area contributed by atoms with E-state index < -0.39 is 0 Å². The number of carbonyl (C=O) groups is 1. The lowest BCUT2D eigenvalue weighted by molar-refractivity contribution is 0.0930. The van der Waals surface area contributed by atoms with Gasteiger partial charge in [-0.15, -0.1) is 0 Å². The number of phenolic OH excluding ortho intramolecular Hbond substituents is 1. The van der Waals surface area contributed by atoms with Gasteiger partial charge >= 0.3 is 6.03 Å². The number of nitrogens with one attached hydrogen (secondary N) is 1. The molecule has 5 nitrogen and oxygen atoms in total. The van der Waals surface area contributed by atoms with E-state index in [1.807, 2.05) is 6.92 Å². The highest BCUT2D eigenvalue weighted by Crippen LogP contribution is 2.17. The molecule has 3 N–H and O–H groups in total. The average molecular weight is 264 g/mol. The Labute approximate surface area is 112 Å². The highest BCUT2D eigenvalue weighted by Gasteiger charge is 2.22. The molecule has 0 spiro atoms. The lowest BCUT2D eigenvalue weighted by Crippen LogP contribution is -2.46. The van der Waals surface area contributed by atoms with Crippen LogP contribution in [0.5, 0.6) is 5.75 Å². The summed E-state index contributed by atoms with van der Waals surface area (Å²) in [6.07, 6.45) is 1.00. The zero-order valence-electron chi connectivity index (χ0n) is 11.0. The Kier molecular flexibility index (Phi) is 4.27. The highest BCUT2D eigenvalue weighted by atomic mass is 16.3. The van der Waals surface area contributed by atoms with Crippen LogP contribution in [0, 0.1) is 0 Å². The standard InChI is InChI=1S/C14H20N2O3/c1-10(11-2-4-12(17)5-3-11)15-14(19)16-8-6-13(18)7-9-16/h2-5,10,13,17-18H,6-9H2,1H3,(H,15,19). The number of urea groups is 1. The van der Waals surface area contributed by atoms with Crippen molar-refractivity contribution in [2.24, 2.45) is 0 Å². The van der Waals surface area contributed by atoms with Crippen molar-refractivity contribution >= 4 is 6.03 Å². The van der Waals surface area contributed by atoms with Crippen molar-refractivity contribution in [3.8, 4) is 5.75 Å². The molecule has 1 aliphatic rings. The molecule has 1 fully saturated rings. The maximum Gasteiger partial charge on any atom is 0.317 e. The topological polar surface area (TPSA) is 72.8 Å². The number of aliphatic hydroxyl groups is 1. The maximum atomic E-state index is 12.0. The van der Waals surface area contributed by atoms with Crippen LogP contribution in [0.15, 0.2) is 24.3 Å². The molecule has 1 heterocycles. The number of aromatic hydroxyl groups is 1.